The van der Waals surface area contributed by atoms with Crippen molar-refractivity contribution in [3.63, 3.8) is 0 Å². The molecule has 0 aliphatic carbocycles. The molecule has 1 fully saturated rings. The number of halogens is 1. The van der Waals surface area contributed by atoms with E-state index in [1.807, 2.05) is 6.07 Å². The number of ether oxygens (including phenoxy) is 1. The molecule has 142 valence electrons. The normalized spacial score (nSPS) is 14.0. The highest BCUT2D eigenvalue weighted by Gasteiger charge is 2.25. The van der Waals surface area contributed by atoms with Crippen molar-refractivity contribution in [1.82, 2.24) is 14.9 Å². The van der Waals surface area contributed by atoms with Gasteiger partial charge in [-0.05, 0) is 18.2 Å². The number of amides is 1. The lowest BCUT2D eigenvalue weighted by Gasteiger charge is -2.30. The summed E-state index contributed by atoms with van der Waals surface area (Å²) in [5.74, 6) is 2.19. The van der Waals surface area contributed by atoms with Crippen LogP contribution in [0, 0.1) is 29.5 Å². The van der Waals surface area contributed by atoms with Crippen LogP contribution < -0.4 is 10.1 Å². The Hall–Kier alpha value is -3.85. The molecule has 0 spiro atoms. The number of piperidine rings is 1. The second-order valence-corrected chi connectivity index (χ2v) is 6.07. The summed E-state index contributed by atoms with van der Waals surface area (Å²) in [6.45, 7) is 0.718. The molecule has 1 saturated heterocycles. The Labute approximate surface area is 160 Å². The smallest absolute Gasteiger partial charge is 0.407 e. The van der Waals surface area contributed by atoms with E-state index in [2.05, 4.69) is 21.2 Å². The molecule has 8 nitrogen and oxygen atoms in total. The van der Waals surface area contributed by atoms with Crippen LogP contribution >= 0.6 is 0 Å². The van der Waals surface area contributed by atoms with E-state index in [1.54, 1.807) is 0 Å². The number of carbonyl (C=O) groups is 1. The molecule has 1 aliphatic rings. The zero-order chi connectivity index (χ0) is 20.1. The van der Waals surface area contributed by atoms with Crippen LogP contribution in [0.3, 0.4) is 0 Å². The average molecular weight is 381 g/mol. The van der Waals surface area contributed by atoms with Crippen LogP contribution in [-0.2, 0) is 0 Å². The third kappa shape index (κ3) is 4.10. The molecule has 0 unspecified atom stereocenters. The van der Waals surface area contributed by atoms with Gasteiger partial charge >= 0.3 is 6.09 Å². The van der Waals surface area contributed by atoms with Crippen molar-refractivity contribution < 1.29 is 19.0 Å². The van der Waals surface area contributed by atoms with E-state index < -0.39 is 11.9 Å². The Morgan fingerprint density at radius 1 is 1.39 bits per heavy atom. The number of hydrogen-bond donors (Lipinski definition) is 2. The minimum absolute atomic E-state index is 0.106. The Kier molecular flexibility index (Phi) is 5.56. The number of anilines is 2. The minimum atomic E-state index is -0.958. The Balaban J connectivity index is 1.77. The van der Waals surface area contributed by atoms with E-state index in [1.165, 1.54) is 23.4 Å². The lowest BCUT2D eigenvalue weighted by atomic mass is 10.1. The van der Waals surface area contributed by atoms with Crippen molar-refractivity contribution in [2.45, 2.75) is 18.9 Å². The lowest BCUT2D eigenvalue weighted by Crippen LogP contribution is -2.41. The van der Waals surface area contributed by atoms with E-state index in [0.29, 0.717) is 25.9 Å². The van der Waals surface area contributed by atoms with Crippen molar-refractivity contribution in [1.29, 1.82) is 5.26 Å². The Morgan fingerprint density at radius 3 is 2.75 bits per heavy atom. The average Bonchev–Trinajstić information content (AvgIpc) is 2.70. The molecular weight excluding hydrogens is 365 g/mol. The lowest BCUT2D eigenvalue weighted by molar-refractivity contribution is 0.0869. The van der Waals surface area contributed by atoms with Gasteiger partial charge in [0.05, 0.1) is 17.3 Å². The summed E-state index contributed by atoms with van der Waals surface area (Å²) in [6, 6.07) is 5.85. The van der Waals surface area contributed by atoms with Crippen molar-refractivity contribution >= 4 is 17.6 Å². The van der Waals surface area contributed by atoms with Crippen LogP contribution in [0.2, 0.25) is 0 Å². The molecule has 1 aliphatic heterocycles. The van der Waals surface area contributed by atoms with Gasteiger partial charge < -0.3 is 20.1 Å². The van der Waals surface area contributed by atoms with Crippen LogP contribution in [0.25, 0.3) is 0 Å². The van der Waals surface area contributed by atoms with Gasteiger partial charge in [-0.25, -0.2) is 19.2 Å². The van der Waals surface area contributed by atoms with Gasteiger partial charge in [0.2, 0.25) is 5.88 Å². The van der Waals surface area contributed by atoms with Crippen molar-refractivity contribution in [3.05, 3.63) is 41.5 Å². The predicted molar refractivity (Wildman–Crippen MR) is 97.6 cm³/mol. The highest BCUT2D eigenvalue weighted by Crippen LogP contribution is 2.28. The number of nitrogens with zero attached hydrogens (tertiary/aromatic N) is 4. The fraction of sp³-hybridized carbons (Fsp3) is 0.263. The number of nitrogens with one attached hydrogen (secondary N) is 1. The number of benzene rings is 1. The van der Waals surface area contributed by atoms with Gasteiger partial charge in [-0.3, -0.25) is 0 Å². The molecule has 28 heavy (non-hydrogen) atoms. The summed E-state index contributed by atoms with van der Waals surface area (Å²) in [6.07, 6.45) is 6.64. The first kappa shape index (κ1) is 18.9. The van der Waals surface area contributed by atoms with Crippen molar-refractivity contribution in [2.75, 3.05) is 18.4 Å². The molecule has 3 rings (SSSR count). The van der Waals surface area contributed by atoms with Crippen LogP contribution in [0.1, 0.15) is 24.0 Å². The van der Waals surface area contributed by atoms with Gasteiger partial charge in [-0.1, -0.05) is 5.92 Å². The fourth-order valence-corrected chi connectivity index (χ4v) is 2.82. The van der Waals surface area contributed by atoms with Gasteiger partial charge in [0.15, 0.2) is 5.82 Å². The molecule has 0 atom stereocenters. The van der Waals surface area contributed by atoms with Gasteiger partial charge in [-0.15, -0.1) is 6.42 Å². The Bertz CT molecular complexity index is 975. The van der Waals surface area contributed by atoms with Crippen molar-refractivity contribution in [2.24, 2.45) is 0 Å². The monoisotopic (exact) mass is 381 g/mol. The highest BCUT2D eigenvalue weighted by atomic mass is 19.1. The van der Waals surface area contributed by atoms with E-state index in [4.69, 9.17) is 21.5 Å². The third-order valence-electron chi connectivity index (χ3n) is 4.30. The minimum Gasteiger partial charge on any atom is -0.473 e. The van der Waals surface area contributed by atoms with E-state index in [-0.39, 0.29) is 34.6 Å². The fourth-order valence-electron chi connectivity index (χ4n) is 2.82. The first-order valence-corrected chi connectivity index (χ1v) is 8.44. The van der Waals surface area contributed by atoms with Crippen molar-refractivity contribution in [3.8, 4) is 24.3 Å². The number of carboxylic acid groups (broad SMARTS) is 1. The number of nitriles is 1. The third-order valence-corrected chi connectivity index (χ3v) is 4.30. The molecule has 9 heteroatoms. The number of hydrogen-bond acceptors (Lipinski definition) is 6. The zero-order valence-electron chi connectivity index (χ0n) is 14.7. The summed E-state index contributed by atoms with van der Waals surface area (Å²) in [5, 5.41) is 20.6. The molecule has 1 aromatic heterocycles. The quantitative estimate of drug-likeness (QED) is 0.783. The van der Waals surface area contributed by atoms with Crippen LogP contribution in [0.5, 0.6) is 5.88 Å². The second kappa shape index (κ2) is 8.23. The van der Waals surface area contributed by atoms with Gasteiger partial charge in [0, 0.05) is 25.9 Å². The number of likely N-dealkylation sites (tertiary alicyclic amines) is 1. The number of aromatic nitrogens is 2. The molecule has 2 N–H and O–H groups in total. The molecule has 1 aromatic carbocycles. The highest BCUT2D eigenvalue weighted by molar-refractivity contribution is 5.66. The first-order chi connectivity index (χ1) is 13.5. The summed E-state index contributed by atoms with van der Waals surface area (Å²) in [4.78, 5) is 20.4. The zero-order valence-corrected chi connectivity index (χ0v) is 14.7. The van der Waals surface area contributed by atoms with Crippen LogP contribution in [-0.4, -0.2) is 45.3 Å². The standard InChI is InChI=1S/C19H16FN5O3/c1-2-14-17(24-16-4-3-12(10-21)9-15(16)20)22-11-23-18(14)28-13-5-7-25(8-6-13)19(26)27/h1,3-4,9,11,13H,5-8H2,(H,26,27)(H,22,23,24). The summed E-state index contributed by atoms with van der Waals surface area (Å²) >= 11 is 0. The predicted octanol–water partition coefficient (Wildman–Crippen LogP) is 2.73. The molecular formula is C19H16FN5O3. The van der Waals surface area contributed by atoms with E-state index in [9.17, 15) is 9.18 Å². The van der Waals surface area contributed by atoms with E-state index >= 15 is 0 Å². The Morgan fingerprint density at radius 2 is 2.14 bits per heavy atom. The molecule has 1 amide bonds. The number of rotatable bonds is 4. The van der Waals surface area contributed by atoms with Gasteiger partial charge in [0.1, 0.15) is 23.8 Å². The number of terminal acetylenes is 1. The molecule has 2 aromatic rings. The summed E-state index contributed by atoms with van der Waals surface area (Å²) in [5.41, 5.74) is 0.529. The molecule has 0 radical (unpaired) electrons. The first-order valence-electron chi connectivity index (χ1n) is 8.44. The molecule has 0 saturated carbocycles. The SMILES string of the molecule is C#Cc1c(Nc2ccc(C#N)cc2F)ncnc1OC1CCN(C(=O)O)CC1. The summed E-state index contributed by atoms with van der Waals surface area (Å²) in [7, 11) is 0. The van der Waals surface area contributed by atoms with Crippen LogP contribution in [0.4, 0.5) is 20.7 Å². The van der Waals surface area contributed by atoms with E-state index in [0.717, 1.165) is 6.07 Å². The molecule has 0 bridgehead atoms. The maximum atomic E-state index is 14.1. The van der Waals surface area contributed by atoms with Gasteiger partial charge in [-0.2, -0.15) is 5.26 Å². The second-order valence-electron chi connectivity index (χ2n) is 6.07. The largest absolute Gasteiger partial charge is 0.473 e. The van der Waals surface area contributed by atoms with Gasteiger partial charge in [0.25, 0.3) is 0 Å². The van der Waals surface area contributed by atoms with Crippen LogP contribution in [0.15, 0.2) is 24.5 Å². The molecule has 2 heterocycles. The summed E-state index contributed by atoms with van der Waals surface area (Å²) < 4.78 is 20.0. The maximum absolute atomic E-state index is 14.1. The topological polar surface area (TPSA) is 111 Å². The maximum Gasteiger partial charge on any atom is 0.407 e.